The number of phenols is 1. The van der Waals surface area contributed by atoms with Crippen LogP contribution in [0.1, 0.15) is 22.3 Å². The van der Waals surface area contributed by atoms with Gasteiger partial charge in [0.2, 0.25) is 0 Å². The maximum atomic E-state index is 9.70. The lowest BCUT2D eigenvalue weighted by molar-refractivity contribution is 0.471. The van der Waals surface area contributed by atoms with E-state index in [-0.39, 0.29) is 0 Å². The Labute approximate surface area is 119 Å². The van der Waals surface area contributed by atoms with Crippen molar-refractivity contribution in [2.24, 2.45) is 0 Å². The fourth-order valence-corrected chi connectivity index (χ4v) is 2.74. The van der Waals surface area contributed by atoms with Crippen molar-refractivity contribution in [2.45, 2.75) is 26.8 Å². The standard InChI is InChI=1S/C17H20N2O/c1-11-9-16(20)12(2)8-15(11)19-10-14-5-3-4-13-6-7-18-17(13)14/h3-5,8-9,18-20H,6-7,10H2,1-2H3. The number of phenolic OH excluding ortho intramolecular Hbond substituents is 1. The number of rotatable bonds is 3. The molecule has 0 saturated heterocycles. The van der Waals surface area contributed by atoms with E-state index in [1.807, 2.05) is 26.0 Å². The predicted molar refractivity (Wildman–Crippen MR) is 83.5 cm³/mol. The molecule has 0 bridgehead atoms. The van der Waals surface area contributed by atoms with E-state index in [1.54, 1.807) is 0 Å². The molecule has 0 atom stereocenters. The van der Waals surface area contributed by atoms with Crippen LogP contribution in [0, 0.1) is 13.8 Å². The first kappa shape index (κ1) is 12.9. The largest absolute Gasteiger partial charge is 0.508 e. The molecule has 1 heterocycles. The highest BCUT2D eigenvalue weighted by molar-refractivity contribution is 5.63. The van der Waals surface area contributed by atoms with Gasteiger partial charge in [-0.2, -0.15) is 0 Å². The summed E-state index contributed by atoms with van der Waals surface area (Å²) in [7, 11) is 0. The monoisotopic (exact) mass is 268 g/mol. The Kier molecular flexibility index (Phi) is 3.26. The number of hydrogen-bond donors (Lipinski definition) is 3. The van der Waals surface area contributed by atoms with Gasteiger partial charge >= 0.3 is 0 Å². The van der Waals surface area contributed by atoms with Gasteiger partial charge in [0, 0.05) is 24.5 Å². The Morgan fingerprint density at radius 3 is 2.90 bits per heavy atom. The van der Waals surface area contributed by atoms with Crippen LogP contribution in [0.2, 0.25) is 0 Å². The first-order chi connectivity index (χ1) is 9.65. The molecule has 20 heavy (non-hydrogen) atoms. The molecule has 0 aliphatic carbocycles. The highest BCUT2D eigenvalue weighted by atomic mass is 16.3. The molecule has 3 nitrogen and oxygen atoms in total. The van der Waals surface area contributed by atoms with E-state index in [4.69, 9.17) is 0 Å². The van der Waals surface area contributed by atoms with Gasteiger partial charge in [-0.25, -0.2) is 0 Å². The third-order valence-electron chi connectivity index (χ3n) is 3.95. The summed E-state index contributed by atoms with van der Waals surface area (Å²) in [5.41, 5.74) is 7.03. The van der Waals surface area contributed by atoms with Crippen LogP contribution in [0.3, 0.4) is 0 Å². The average Bonchev–Trinajstić information content (AvgIpc) is 2.90. The number of hydrogen-bond acceptors (Lipinski definition) is 3. The Bertz CT molecular complexity index is 650. The summed E-state index contributed by atoms with van der Waals surface area (Å²) in [5, 5.41) is 16.6. The average molecular weight is 268 g/mol. The van der Waals surface area contributed by atoms with Crippen LogP contribution in [0.25, 0.3) is 0 Å². The highest BCUT2D eigenvalue weighted by Crippen LogP contribution is 2.29. The molecule has 0 radical (unpaired) electrons. The van der Waals surface area contributed by atoms with Gasteiger partial charge in [0.15, 0.2) is 0 Å². The molecule has 3 heteroatoms. The van der Waals surface area contributed by atoms with Gasteiger partial charge in [0.05, 0.1) is 0 Å². The zero-order chi connectivity index (χ0) is 14.1. The lowest BCUT2D eigenvalue weighted by Gasteiger charge is -2.14. The highest BCUT2D eigenvalue weighted by Gasteiger charge is 2.13. The van der Waals surface area contributed by atoms with Crippen LogP contribution in [0.15, 0.2) is 30.3 Å². The molecule has 3 rings (SSSR count). The predicted octanol–water partition coefficient (Wildman–Crippen LogP) is 3.59. The second-order valence-electron chi connectivity index (χ2n) is 5.44. The molecular weight excluding hydrogens is 248 g/mol. The van der Waals surface area contributed by atoms with Crippen LogP contribution < -0.4 is 10.6 Å². The van der Waals surface area contributed by atoms with E-state index < -0.39 is 0 Å². The van der Waals surface area contributed by atoms with Gasteiger partial charge in [-0.15, -0.1) is 0 Å². The summed E-state index contributed by atoms with van der Waals surface area (Å²) in [4.78, 5) is 0. The number of fused-ring (bicyclic) bond motifs is 1. The second-order valence-corrected chi connectivity index (χ2v) is 5.44. The second kappa shape index (κ2) is 5.08. The Morgan fingerprint density at radius 2 is 2.05 bits per heavy atom. The normalized spacial score (nSPS) is 12.9. The van der Waals surface area contributed by atoms with E-state index in [0.29, 0.717) is 5.75 Å². The van der Waals surface area contributed by atoms with Crippen molar-refractivity contribution >= 4 is 11.4 Å². The molecule has 0 unspecified atom stereocenters. The first-order valence-corrected chi connectivity index (χ1v) is 7.04. The summed E-state index contributed by atoms with van der Waals surface area (Å²) in [6.45, 7) is 5.75. The number of para-hydroxylation sites is 1. The zero-order valence-electron chi connectivity index (χ0n) is 12.0. The maximum absolute atomic E-state index is 9.70. The number of aromatic hydroxyl groups is 1. The lowest BCUT2D eigenvalue weighted by atomic mass is 10.1. The molecule has 0 fully saturated rings. The van der Waals surface area contributed by atoms with Gasteiger partial charge in [-0.05, 0) is 54.7 Å². The topological polar surface area (TPSA) is 44.3 Å². The van der Waals surface area contributed by atoms with Gasteiger partial charge in [-0.3, -0.25) is 0 Å². The summed E-state index contributed by atoms with van der Waals surface area (Å²) in [6.07, 6.45) is 1.11. The number of benzene rings is 2. The van der Waals surface area contributed by atoms with E-state index in [2.05, 4.69) is 28.8 Å². The number of nitrogens with one attached hydrogen (secondary N) is 2. The summed E-state index contributed by atoms with van der Waals surface area (Å²) in [5.74, 6) is 0.357. The molecule has 0 amide bonds. The molecule has 1 aliphatic rings. The zero-order valence-corrected chi connectivity index (χ0v) is 12.0. The van der Waals surface area contributed by atoms with E-state index in [1.165, 1.54) is 16.8 Å². The van der Waals surface area contributed by atoms with E-state index in [9.17, 15) is 5.11 Å². The molecule has 2 aromatic rings. The van der Waals surface area contributed by atoms with Crippen LogP contribution in [0.5, 0.6) is 5.75 Å². The summed E-state index contributed by atoms with van der Waals surface area (Å²) in [6, 6.07) is 10.3. The summed E-state index contributed by atoms with van der Waals surface area (Å²) >= 11 is 0. The Hall–Kier alpha value is -2.16. The maximum Gasteiger partial charge on any atom is 0.118 e. The third kappa shape index (κ3) is 2.31. The number of anilines is 2. The van der Waals surface area contributed by atoms with Crippen LogP contribution in [-0.4, -0.2) is 11.7 Å². The van der Waals surface area contributed by atoms with E-state index >= 15 is 0 Å². The minimum absolute atomic E-state index is 0.357. The van der Waals surface area contributed by atoms with Gasteiger partial charge in [0.1, 0.15) is 5.75 Å². The van der Waals surface area contributed by atoms with Crippen LogP contribution in [0.4, 0.5) is 11.4 Å². The lowest BCUT2D eigenvalue weighted by Crippen LogP contribution is -2.04. The SMILES string of the molecule is Cc1cc(NCc2cccc3c2NCC3)c(C)cc1O. The Balaban J connectivity index is 1.81. The van der Waals surface area contributed by atoms with Crippen LogP contribution in [-0.2, 0) is 13.0 Å². The summed E-state index contributed by atoms with van der Waals surface area (Å²) < 4.78 is 0. The van der Waals surface area contributed by atoms with Crippen molar-refractivity contribution in [2.75, 3.05) is 17.2 Å². The van der Waals surface area contributed by atoms with Gasteiger partial charge in [-0.1, -0.05) is 18.2 Å². The molecule has 0 saturated carbocycles. The van der Waals surface area contributed by atoms with Crippen molar-refractivity contribution in [1.29, 1.82) is 0 Å². The molecular formula is C17H20N2O. The van der Waals surface area contributed by atoms with E-state index in [0.717, 1.165) is 36.3 Å². The molecule has 0 aromatic heterocycles. The van der Waals surface area contributed by atoms with Gasteiger partial charge < -0.3 is 15.7 Å². The van der Waals surface area contributed by atoms with Gasteiger partial charge in [0.25, 0.3) is 0 Å². The van der Waals surface area contributed by atoms with Crippen molar-refractivity contribution in [3.63, 3.8) is 0 Å². The fourth-order valence-electron chi connectivity index (χ4n) is 2.74. The minimum atomic E-state index is 0.357. The molecule has 0 spiro atoms. The van der Waals surface area contributed by atoms with Crippen molar-refractivity contribution in [3.05, 3.63) is 52.6 Å². The molecule has 1 aliphatic heterocycles. The molecule has 104 valence electrons. The van der Waals surface area contributed by atoms with Crippen molar-refractivity contribution < 1.29 is 5.11 Å². The number of aryl methyl sites for hydroxylation is 2. The smallest absolute Gasteiger partial charge is 0.118 e. The first-order valence-electron chi connectivity index (χ1n) is 7.04. The van der Waals surface area contributed by atoms with Crippen molar-refractivity contribution in [1.82, 2.24) is 0 Å². The third-order valence-corrected chi connectivity index (χ3v) is 3.95. The Morgan fingerprint density at radius 1 is 1.20 bits per heavy atom. The molecule has 3 N–H and O–H groups in total. The molecule has 2 aromatic carbocycles. The fraction of sp³-hybridized carbons (Fsp3) is 0.294. The quantitative estimate of drug-likeness (QED) is 0.745. The minimum Gasteiger partial charge on any atom is -0.508 e. The van der Waals surface area contributed by atoms with Crippen LogP contribution >= 0.6 is 0 Å². The van der Waals surface area contributed by atoms with Crippen molar-refractivity contribution in [3.8, 4) is 5.75 Å².